The number of imidazole rings is 1. The summed E-state index contributed by atoms with van der Waals surface area (Å²) in [6.45, 7) is 0.813. The van der Waals surface area contributed by atoms with Crippen molar-refractivity contribution in [2.75, 3.05) is 30.8 Å². The van der Waals surface area contributed by atoms with Crippen molar-refractivity contribution in [2.45, 2.75) is 19.4 Å². The van der Waals surface area contributed by atoms with Crippen molar-refractivity contribution < 1.29 is 33.0 Å². The highest BCUT2D eigenvalue weighted by atomic mass is 35.5. The summed E-state index contributed by atoms with van der Waals surface area (Å²) < 4.78 is 26.0. The number of nitrogens with zero attached hydrogens (tertiary/aromatic N) is 4. The minimum atomic E-state index is -1.01. The van der Waals surface area contributed by atoms with E-state index in [9.17, 15) is 19.2 Å². The van der Waals surface area contributed by atoms with E-state index in [1.807, 2.05) is 0 Å². The number of anilines is 2. The maximum absolute atomic E-state index is 15.0. The summed E-state index contributed by atoms with van der Waals surface area (Å²) >= 11 is 5.85. The summed E-state index contributed by atoms with van der Waals surface area (Å²) in [4.78, 5) is 60.8. The molecule has 3 amide bonds. The van der Waals surface area contributed by atoms with Crippen molar-refractivity contribution in [3.8, 4) is 5.75 Å². The van der Waals surface area contributed by atoms with Crippen molar-refractivity contribution in [3.05, 3.63) is 77.0 Å². The average Bonchev–Trinajstić information content (AvgIpc) is 3.64. The number of pyridine rings is 1. The van der Waals surface area contributed by atoms with Gasteiger partial charge in [-0.3, -0.25) is 14.4 Å². The monoisotopic (exact) mass is 594 g/mol. The van der Waals surface area contributed by atoms with Crippen molar-refractivity contribution in [3.63, 3.8) is 0 Å². The molecule has 0 bridgehead atoms. The Bertz CT molecular complexity index is 1690. The molecule has 12 nitrogen and oxygen atoms in total. The van der Waals surface area contributed by atoms with Crippen LogP contribution in [0.1, 0.15) is 33.8 Å². The number of para-hydroxylation sites is 1. The fourth-order valence-corrected chi connectivity index (χ4v) is 4.59. The molecule has 1 fully saturated rings. The molecule has 1 aliphatic rings. The Morgan fingerprint density at radius 3 is 2.52 bits per heavy atom. The molecule has 1 saturated heterocycles. The third-order valence-corrected chi connectivity index (χ3v) is 6.68. The van der Waals surface area contributed by atoms with Gasteiger partial charge in [0.1, 0.15) is 23.7 Å². The second-order valence-electron chi connectivity index (χ2n) is 9.26. The molecule has 216 valence electrons. The fraction of sp³-hybridized carbons (Fsp3) is 0.214. The Labute approximate surface area is 243 Å². The normalized spacial score (nSPS) is 12.7. The molecule has 2 aromatic heterocycles. The molecule has 5 rings (SSSR count). The highest BCUT2D eigenvalue weighted by molar-refractivity contribution is 6.30. The van der Waals surface area contributed by atoms with E-state index in [0.717, 1.165) is 26.0 Å². The second-order valence-corrected chi connectivity index (χ2v) is 9.70. The summed E-state index contributed by atoms with van der Waals surface area (Å²) in [5.41, 5.74) is 0.319. The van der Waals surface area contributed by atoms with Gasteiger partial charge in [0.05, 0.1) is 23.3 Å². The topological polar surface area (TPSA) is 145 Å². The van der Waals surface area contributed by atoms with Crippen LogP contribution in [-0.2, 0) is 16.1 Å². The number of carbonyl (C=O) groups is 4. The Morgan fingerprint density at radius 2 is 1.83 bits per heavy atom. The number of benzene rings is 2. The number of ether oxygens (including phenoxy) is 2. The largest absolute Gasteiger partial charge is 0.513 e. The summed E-state index contributed by atoms with van der Waals surface area (Å²) in [6.07, 6.45) is 2.13. The van der Waals surface area contributed by atoms with E-state index in [1.54, 1.807) is 17.0 Å². The van der Waals surface area contributed by atoms with Crippen LogP contribution in [0.4, 0.5) is 20.7 Å². The van der Waals surface area contributed by atoms with Crippen LogP contribution >= 0.6 is 11.6 Å². The molecule has 2 N–H and O–H groups in total. The molecule has 0 saturated carbocycles. The van der Waals surface area contributed by atoms with E-state index in [0.29, 0.717) is 18.1 Å². The Balaban J connectivity index is 1.45. The first-order chi connectivity index (χ1) is 20.2. The lowest BCUT2D eigenvalue weighted by Gasteiger charge is -2.16. The van der Waals surface area contributed by atoms with Gasteiger partial charge in [-0.25, -0.2) is 19.2 Å². The van der Waals surface area contributed by atoms with Gasteiger partial charge in [-0.1, -0.05) is 17.7 Å². The second kappa shape index (κ2) is 12.2. The van der Waals surface area contributed by atoms with Gasteiger partial charge >= 0.3 is 6.16 Å². The average molecular weight is 595 g/mol. The SMILES string of the molecule is COC(=O)Oc1cccc2c1nc(C(=O)Nc1ccc(C(=O)N3CCCC3)cc1F)n2CC(=O)Nc1ccc(Cl)cn1. The van der Waals surface area contributed by atoms with E-state index >= 15 is 4.39 Å². The molecule has 3 heterocycles. The lowest BCUT2D eigenvalue weighted by atomic mass is 10.1. The van der Waals surface area contributed by atoms with Gasteiger partial charge in [0.2, 0.25) is 11.7 Å². The third kappa shape index (κ3) is 6.15. The smallest absolute Gasteiger partial charge is 0.437 e. The van der Waals surface area contributed by atoms with Crippen LogP contribution in [0.15, 0.2) is 54.7 Å². The van der Waals surface area contributed by atoms with Gasteiger partial charge in [-0.15, -0.1) is 0 Å². The molecule has 1 aliphatic heterocycles. The Hall–Kier alpha value is -5.04. The highest BCUT2D eigenvalue weighted by Crippen LogP contribution is 2.28. The zero-order valence-electron chi connectivity index (χ0n) is 22.2. The van der Waals surface area contributed by atoms with Crippen LogP contribution < -0.4 is 15.4 Å². The first-order valence-electron chi connectivity index (χ1n) is 12.8. The number of halogens is 2. The van der Waals surface area contributed by atoms with Gasteiger partial charge in [0.25, 0.3) is 11.8 Å². The zero-order valence-corrected chi connectivity index (χ0v) is 23.0. The maximum atomic E-state index is 15.0. The maximum Gasteiger partial charge on any atom is 0.513 e. The number of rotatable bonds is 7. The Morgan fingerprint density at radius 1 is 1.05 bits per heavy atom. The molecular weight excluding hydrogens is 571 g/mol. The highest BCUT2D eigenvalue weighted by Gasteiger charge is 2.25. The predicted molar refractivity (Wildman–Crippen MR) is 150 cm³/mol. The van der Waals surface area contributed by atoms with Gasteiger partial charge < -0.3 is 29.6 Å². The number of aromatic nitrogens is 3. The fourth-order valence-electron chi connectivity index (χ4n) is 4.47. The molecule has 0 spiro atoms. The number of carbonyl (C=O) groups excluding carboxylic acids is 4. The van der Waals surface area contributed by atoms with Crippen LogP contribution in [-0.4, -0.2) is 63.5 Å². The lowest BCUT2D eigenvalue weighted by molar-refractivity contribution is -0.116. The minimum absolute atomic E-state index is 0.0251. The van der Waals surface area contributed by atoms with E-state index < -0.39 is 30.3 Å². The molecule has 0 unspecified atom stereocenters. The molecule has 4 aromatic rings. The molecule has 2 aromatic carbocycles. The standard InChI is InChI=1S/C28H24ClFN6O6/c1-41-28(40)42-21-6-4-5-20-24(21)34-25(36(20)15-23(37)33-22-10-8-17(29)14-31-22)26(38)32-19-9-7-16(13-18(19)30)27(39)35-11-2-3-12-35/h4-10,13-14H,2-3,11-12,15H2,1H3,(H,32,38)(H,31,33,37). The number of nitrogens with one attached hydrogen (secondary N) is 2. The summed E-state index contributed by atoms with van der Waals surface area (Å²) in [6, 6.07) is 11.4. The number of likely N-dealkylation sites (tertiary alicyclic amines) is 1. The molecule has 0 atom stereocenters. The summed E-state index contributed by atoms with van der Waals surface area (Å²) in [7, 11) is 1.13. The van der Waals surface area contributed by atoms with Crippen LogP contribution in [0.3, 0.4) is 0 Å². The van der Waals surface area contributed by atoms with E-state index in [-0.39, 0.29) is 45.6 Å². The van der Waals surface area contributed by atoms with E-state index in [1.165, 1.54) is 41.1 Å². The van der Waals surface area contributed by atoms with Crippen molar-refractivity contribution in [2.24, 2.45) is 0 Å². The number of hydrogen-bond acceptors (Lipinski definition) is 8. The Kier molecular flexibility index (Phi) is 8.29. The first-order valence-corrected chi connectivity index (χ1v) is 13.2. The zero-order chi connectivity index (χ0) is 29.8. The molecular formula is C28H24ClFN6O6. The van der Waals surface area contributed by atoms with Gasteiger partial charge in [-0.2, -0.15) is 0 Å². The summed E-state index contributed by atoms with van der Waals surface area (Å²) in [5.74, 6) is -2.61. The van der Waals surface area contributed by atoms with Crippen LogP contribution in [0.5, 0.6) is 5.75 Å². The quantitative estimate of drug-likeness (QED) is 0.235. The van der Waals surface area contributed by atoms with Crippen LogP contribution in [0.2, 0.25) is 5.02 Å². The molecule has 42 heavy (non-hydrogen) atoms. The lowest BCUT2D eigenvalue weighted by Crippen LogP contribution is -2.27. The number of fused-ring (bicyclic) bond motifs is 1. The molecule has 0 radical (unpaired) electrons. The molecule has 0 aliphatic carbocycles. The molecule has 14 heteroatoms. The van der Waals surface area contributed by atoms with Crippen molar-refractivity contribution in [1.82, 2.24) is 19.4 Å². The van der Waals surface area contributed by atoms with Crippen LogP contribution in [0.25, 0.3) is 11.0 Å². The first kappa shape index (κ1) is 28.5. The third-order valence-electron chi connectivity index (χ3n) is 6.46. The number of hydrogen-bond donors (Lipinski definition) is 2. The summed E-state index contributed by atoms with van der Waals surface area (Å²) in [5, 5.41) is 5.43. The minimum Gasteiger partial charge on any atom is -0.437 e. The van der Waals surface area contributed by atoms with E-state index in [4.69, 9.17) is 16.3 Å². The van der Waals surface area contributed by atoms with Crippen molar-refractivity contribution >= 4 is 58.0 Å². The van der Waals surface area contributed by atoms with Crippen LogP contribution in [0, 0.1) is 5.82 Å². The van der Waals surface area contributed by atoms with Crippen molar-refractivity contribution in [1.29, 1.82) is 0 Å². The van der Waals surface area contributed by atoms with E-state index in [2.05, 4.69) is 25.3 Å². The number of amides is 3. The van der Waals surface area contributed by atoms with Gasteiger partial charge in [-0.05, 0) is 55.3 Å². The van der Waals surface area contributed by atoms with Gasteiger partial charge in [0, 0.05) is 24.8 Å². The predicted octanol–water partition coefficient (Wildman–Crippen LogP) is 4.50. The number of methoxy groups -OCH3 is 1. The van der Waals surface area contributed by atoms with Gasteiger partial charge in [0.15, 0.2) is 5.75 Å².